The molecule has 7 amide bonds. The van der Waals surface area contributed by atoms with Crippen molar-refractivity contribution in [2.75, 3.05) is 26.2 Å². The maximum Gasteiger partial charge on any atom is 0.253 e. The molecular formula is C39H84N5O8P3S3. The Labute approximate surface area is 375 Å². The van der Waals surface area contributed by atoms with E-state index in [2.05, 4.69) is 46.1 Å². The van der Waals surface area contributed by atoms with Crippen LogP contribution in [0.3, 0.4) is 0 Å². The van der Waals surface area contributed by atoms with E-state index in [1.165, 1.54) is 24.3 Å². The second-order valence-corrected chi connectivity index (χ2v) is 15.7. The van der Waals surface area contributed by atoms with Crippen molar-refractivity contribution in [1.29, 1.82) is 0 Å². The van der Waals surface area contributed by atoms with Gasteiger partial charge in [0.2, 0.25) is 17.7 Å². The molecule has 4 N–H and O–H groups in total. The van der Waals surface area contributed by atoms with Gasteiger partial charge in [-0.15, -0.1) is 0 Å². The number of carbonyl (C=O) groups is 8. The van der Waals surface area contributed by atoms with Crippen LogP contribution in [0.15, 0.2) is 24.3 Å². The van der Waals surface area contributed by atoms with E-state index >= 15 is 0 Å². The lowest BCUT2D eigenvalue weighted by Crippen LogP contribution is -2.35. The molecule has 2 heterocycles. The summed E-state index contributed by atoms with van der Waals surface area (Å²) < 4.78 is 0. The molecular weight excluding hydrogens is 856 g/mol. The molecule has 0 aromatic heterocycles. The molecule has 346 valence electrons. The number of hydrogen-bond acceptors (Lipinski definition) is 11. The van der Waals surface area contributed by atoms with E-state index in [0.29, 0.717) is 26.9 Å². The molecule has 0 radical (unpaired) electrons. The second-order valence-electron chi connectivity index (χ2n) is 10.3. The molecule has 0 saturated carbocycles. The molecule has 0 spiro atoms. The normalized spacial score (nSPS) is 12.0. The lowest BCUT2D eigenvalue weighted by atomic mass is 10.0. The van der Waals surface area contributed by atoms with Crippen molar-refractivity contribution < 1.29 is 38.4 Å². The smallest absolute Gasteiger partial charge is 0.253 e. The van der Waals surface area contributed by atoms with Crippen molar-refractivity contribution in [3.8, 4) is 0 Å². The maximum atomic E-state index is 11.6. The predicted molar refractivity (Wildman–Crippen MR) is 264 cm³/mol. The van der Waals surface area contributed by atoms with Crippen LogP contribution in [0.1, 0.15) is 147 Å². The molecule has 2 aliphatic heterocycles. The lowest BCUT2D eigenvalue weighted by Gasteiger charge is -2.13. The van der Waals surface area contributed by atoms with Gasteiger partial charge in [-0.25, -0.2) is 0 Å². The van der Waals surface area contributed by atoms with Gasteiger partial charge in [0.05, 0.1) is 7.36 Å². The van der Waals surface area contributed by atoms with Gasteiger partial charge in [0.25, 0.3) is 23.6 Å². The number of hydrogen-bond donors (Lipinski definition) is 3. The summed E-state index contributed by atoms with van der Waals surface area (Å²) in [6.45, 7) is 4.85. The zero-order chi connectivity index (χ0) is 35.8. The maximum absolute atomic E-state index is 11.6. The number of amides is 7. The fourth-order valence-corrected chi connectivity index (χ4v) is 4.72. The number of nitrogens with one attached hydrogen (secondary N) is 2. The predicted octanol–water partition coefficient (Wildman–Crippen LogP) is 9.58. The Hall–Kier alpha value is -2.60. The van der Waals surface area contributed by atoms with E-state index in [4.69, 9.17) is 5.73 Å². The first-order valence-electron chi connectivity index (χ1n) is 14.7. The van der Waals surface area contributed by atoms with Crippen LogP contribution >= 0.6 is 21.4 Å². The average Bonchev–Trinajstić information content (AvgIpc) is 3.55. The topological polar surface area (TPSA) is 193 Å². The van der Waals surface area contributed by atoms with Crippen molar-refractivity contribution >= 4 is 104 Å². The van der Waals surface area contributed by atoms with Gasteiger partial charge in [0.1, 0.15) is 0 Å². The molecule has 0 aromatic rings. The number of nitrogens with two attached hydrogens (primary N) is 1. The molecule has 2 rings (SSSR count). The summed E-state index contributed by atoms with van der Waals surface area (Å²) in [6, 6.07) is 0. The van der Waals surface area contributed by atoms with Crippen LogP contribution in [0.4, 0.5) is 0 Å². The van der Waals surface area contributed by atoms with Crippen molar-refractivity contribution in [2.45, 2.75) is 147 Å². The van der Waals surface area contributed by atoms with Crippen molar-refractivity contribution in [3.63, 3.8) is 0 Å². The van der Waals surface area contributed by atoms with Gasteiger partial charge in [0, 0.05) is 89.2 Å². The quantitative estimate of drug-likeness (QED) is 0.0598. The Morgan fingerprint density at radius 1 is 0.569 bits per heavy atom. The highest BCUT2D eigenvalue weighted by Crippen LogP contribution is 2.14. The van der Waals surface area contributed by atoms with Gasteiger partial charge in [-0.1, -0.05) is 108 Å². The molecule has 19 heteroatoms. The summed E-state index contributed by atoms with van der Waals surface area (Å²) in [6.07, 6.45) is 9.63. The molecule has 2 atom stereocenters. The fourth-order valence-electron chi connectivity index (χ4n) is 3.87. The molecule has 2 aliphatic rings. The highest BCUT2D eigenvalue weighted by molar-refractivity contribution is 8.40. The molecule has 58 heavy (non-hydrogen) atoms. The largest absolute Gasteiger partial charge is 0.369 e. The number of nitrogens with zero attached hydrogens (tertiary/aromatic N) is 2. The summed E-state index contributed by atoms with van der Waals surface area (Å²) in [4.78, 5) is 92.5. The van der Waals surface area contributed by atoms with Crippen LogP contribution in [0.5, 0.6) is 0 Å². The molecule has 0 saturated heterocycles. The van der Waals surface area contributed by atoms with Crippen LogP contribution in [0.25, 0.3) is 0 Å². The average molecular weight is 940 g/mol. The van der Waals surface area contributed by atoms with Gasteiger partial charge in [0.15, 0.2) is 5.52 Å². The van der Waals surface area contributed by atoms with Crippen molar-refractivity contribution in [2.24, 2.45) is 17.6 Å². The summed E-state index contributed by atoms with van der Waals surface area (Å²) in [5.74, 6) is -2.41. The summed E-state index contributed by atoms with van der Waals surface area (Å²) in [5.41, 5.74) is 5.21. The van der Waals surface area contributed by atoms with Crippen LogP contribution < -0.4 is 16.4 Å². The number of unbranched alkanes of at least 4 members (excludes halogenated alkanes) is 2. The van der Waals surface area contributed by atoms with E-state index in [0.717, 1.165) is 56.0 Å². The Bertz CT molecular complexity index is 1220. The number of imide groups is 2. The fraction of sp³-hybridized carbons (Fsp3) is 0.692. The lowest BCUT2D eigenvalue weighted by molar-refractivity contribution is -0.139. The zero-order valence-electron chi connectivity index (χ0n) is 26.3. The highest BCUT2D eigenvalue weighted by atomic mass is 32.7. The first-order valence-corrected chi connectivity index (χ1v) is 21.1. The van der Waals surface area contributed by atoms with Crippen LogP contribution in [-0.4, -0.2) is 82.9 Å². The van der Waals surface area contributed by atoms with E-state index in [1.54, 1.807) is 6.92 Å². The van der Waals surface area contributed by atoms with Crippen LogP contribution in [-0.2, 0) is 73.8 Å². The zero-order valence-corrected chi connectivity index (χ0v) is 31.4. The van der Waals surface area contributed by atoms with E-state index < -0.39 is 0 Å². The summed E-state index contributed by atoms with van der Waals surface area (Å²) >= 11 is 13.5. The monoisotopic (exact) mass is 939 g/mol. The van der Waals surface area contributed by atoms with E-state index in [-0.39, 0.29) is 166 Å². The Balaban J connectivity index is -0.0000000568. The highest BCUT2D eigenvalue weighted by Gasteiger charge is 2.24. The first kappa shape index (κ1) is 87.0. The van der Waals surface area contributed by atoms with Crippen molar-refractivity contribution in [1.82, 2.24) is 20.4 Å². The SMILES string of the molecule is C.C.C.C.C.C.C.C.C.C.C.CC(CCCCNC(=O)CCN1C(=O)C=CC1=O)C(=O)P=S.CC(CCCCNC(=O)CCN1C(=O)C=CC1=O)C(N)=O.S=PP=S. The number of carbonyl (C=O) groups excluding carboxylic acids is 8. The van der Waals surface area contributed by atoms with E-state index in [9.17, 15) is 38.4 Å². The van der Waals surface area contributed by atoms with Crippen molar-refractivity contribution in [3.05, 3.63) is 24.3 Å². The van der Waals surface area contributed by atoms with Gasteiger partial charge < -0.3 is 16.4 Å². The molecule has 13 nitrogen and oxygen atoms in total. The summed E-state index contributed by atoms with van der Waals surface area (Å²) in [7, 11) is 2.12. The summed E-state index contributed by atoms with van der Waals surface area (Å²) in [5, 5.41) is 5.45. The third kappa shape index (κ3) is 40.2. The molecule has 0 fully saturated rings. The number of rotatable bonds is 20. The number of primary amides is 1. The minimum atomic E-state index is -0.381. The van der Waals surface area contributed by atoms with Gasteiger partial charge in [-0.05, 0) is 61.1 Å². The Morgan fingerprint density at radius 3 is 1.12 bits per heavy atom. The first-order chi connectivity index (χ1) is 22.3. The van der Waals surface area contributed by atoms with Gasteiger partial charge >= 0.3 is 0 Å². The Morgan fingerprint density at radius 2 is 0.862 bits per heavy atom. The molecule has 0 bridgehead atoms. The van der Waals surface area contributed by atoms with E-state index in [1.807, 2.05) is 6.92 Å². The second kappa shape index (κ2) is 52.4. The van der Waals surface area contributed by atoms with Gasteiger partial charge in [-0.2, -0.15) is 0 Å². The molecule has 0 aliphatic carbocycles. The minimum absolute atomic E-state index is 0. The Kier molecular flexibility index (Phi) is 78.7. The molecule has 0 aromatic carbocycles. The van der Waals surface area contributed by atoms with Gasteiger partial charge in [-0.3, -0.25) is 48.2 Å². The standard InChI is InChI=1S/C14H21N3O4.C14H19N2O4PS.11CH4.P2S2/c1-10(14(15)21)4-2-3-8-16-11(18)7-9-17-12(19)5-6-13(17)20;1-10(14(20)21-22)4-2-3-8-15-11(17)7-9-16-12(18)5-6-13(16)19;;;;;;;;;;;;3-1-2-4/h5-6,10H,2-4,7-9H2,1H3,(H2,15,21)(H,16,18);5-6,10H,2-4,7-9H2,1H3,(H,15,17);11*1H4;. The van der Waals surface area contributed by atoms with Crippen LogP contribution in [0, 0.1) is 11.8 Å². The molecule has 2 unspecified atom stereocenters. The minimum Gasteiger partial charge on any atom is -0.369 e. The van der Waals surface area contributed by atoms with Crippen LogP contribution in [0.2, 0.25) is 0 Å². The third-order valence-corrected chi connectivity index (χ3v) is 10.6. The third-order valence-electron chi connectivity index (χ3n) is 6.73.